The average molecular weight is 289 g/mol. The Hall–Kier alpha value is -1.51. The van der Waals surface area contributed by atoms with Crippen molar-refractivity contribution in [2.75, 3.05) is 13.1 Å². The Morgan fingerprint density at radius 1 is 1.24 bits per heavy atom. The molecule has 1 amide bonds. The van der Waals surface area contributed by atoms with E-state index in [-0.39, 0.29) is 11.7 Å². The maximum absolute atomic E-state index is 12.6. The molecular weight excluding hydrogens is 262 g/mol. The molecule has 1 fully saturated rings. The van der Waals surface area contributed by atoms with Crippen LogP contribution in [0.25, 0.3) is 0 Å². The fraction of sp³-hybridized carbons (Fsp3) is 0.611. The molecule has 0 aliphatic carbocycles. The van der Waals surface area contributed by atoms with Gasteiger partial charge in [-0.3, -0.25) is 4.79 Å². The van der Waals surface area contributed by atoms with E-state index in [9.17, 15) is 9.90 Å². The number of phenols is 1. The van der Waals surface area contributed by atoms with Crippen molar-refractivity contribution in [2.45, 2.75) is 47.0 Å². The Morgan fingerprint density at radius 3 is 2.62 bits per heavy atom. The highest BCUT2D eigenvalue weighted by atomic mass is 16.3. The van der Waals surface area contributed by atoms with Crippen LogP contribution in [0.15, 0.2) is 18.2 Å². The van der Waals surface area contributed by atoms with E-state index in [1.54, 1.807) is 6.07 Å². The van der Waals surface area contributed by atoms with Gasteiger partial charge in [-0.15, -0.1) is 0 Å². The minimum atomic E-state index is -0.0363. The molecule has 1 aromatic carbocycles. The van der Waals surface area contributed by atoms with Crippen LogP contribution in [0.4, 0.5) is 0 Å². The van der Waals surface area contributed by atoms with Crippen LogP contribution in [0.2, 0.25) is 0 Å². The van der Waals surface area contributed by atoms with E-state index in [2.05, 4.69) is 20.8 Å². The third-order valence-electron chi connectivity index (χ3n) is 4.71. The summed E-state index contributed by atoms with van der Waals surface area (Å²) in [7, 11) is 0. The summed E-state index contributed by atoms with van der Waals surface area (Å²) in [4.78, 5) is 14.6. The van der Waals surface area contributed by atoms with E-state index in [0.717, 1.165) is 31.5 Å². The maximum Gasteiger partial charge on any atom is 0.257 e. The first-order valence-corrected chi connectivity index (χ1v) is 7.88. The van der Waals surface area contributed by atoms with Crippen LogP contribution in [0, 0.1) is 18.3 Å². The van der Waals surface area contributed by atoms with Gasteiger partial charge >= 0.3 is 0 Å². The van der Waals surface area contributed by atoms with Crippen LogP contribution in [-0.4, -0.2) is 29.0 Å². The van der Waals surface area contributed by atoms with E-state index in [1.165, 1.54) is 6.42 Å². The van der Waals surface area contributed by atoms with Gasteiger partial charge in [0.25, 0.3) is 5.91 Å². The first-order chi connectivity index (χ1) is 9.80. The highest BCUT2D eigenvalue weighted by Crippen LogP contribution is 2.34. The second-order valence-corrected chi connectivity index (χ2v) is 7.26. The molecule has 0 aromatic heterocycles. The van der Waals surface area contributed by atoms with E-state index < -0.39 is 0 Å². The van der Waals surface area contributed by atoms with Crippen molar-refractivity contribution in [3.05, 3.63) is 29.3 Å². The molecule has 0 bridgehead atoms. The SMILES string of the molecule is Cc1cccc(C(=O)N2CCCC(C(C)(C)C)CC2)c1O. The van der Waals surface area contributed by atoms with Gasteiger partial charge in [-0.25, -0.2) is 0 Å². The number of phenolic OH excluding ortho intramolecular Hbond substituents is 1. The minimum Gasteiger partial charge on any atom is -0.507 e. The molecule has 1 heterocycles. The lowest BCUT2D eigenvalue weighted by Gasteiger charge is -2.29. The molecule has 2 rings (SSSR count). The summed E-state index contributed by atoms with van der Waals surface area (Å²) in [5, 5.41) is 10.1. The van der Waals surface area contributed by atoms with Crippen LogP contribution < -0.4 is 0 Å². The van der Waals surface area contributed by atoms with Crippen LogP contribution in [0.1, 0.15) is 56.0 Å². The molecule has 3 nitrogen and oxygen atoms in total. The molecule has 1 atom stereocenters. The molecule has 1 aliphatic heterocycles. The van der Waals surface area contributed by atoms with E-state index in [4.69, 9.17) is 0 Å². The zero-order valence-electron chi connectivity index (χ0n) is 13.6. The number of benzene rings is 1. The molecule has 116 valence electrons. The molecule has 3 heteroatoms. The standard InChI is InChI=1S/C18H27NO2/c1-13-7-5-9-15(16(13)20)17(21)19-11-6-8-14(10-12-19)18(2,3)4/h5,7,9,14,20H,6,8,10-12H2,1-4H3. The number of nitrogens with zero attached hydrogens (tertiary/aromatic N) is 1. The molecule has 1 aromatic rings. The van der Waals surface area contributed by atoms with Crippen LogP contribution >= 0.6 is 0 Å². The second kappa shape index (κ2) is 6.08. The Balaban J connectivity index is 2.12. The number of aromatic hydroxyl groups is 1. The number of aryl methyl sites for hydroxylation is 1. The molecule has 1 unspecified atom stereocenters. The number of hydrogen-bond acceptors (Lipinski definition) is 2. The molecule has 1 saturated heterocycles. The van der Waals surface area contributed by atoms with Gasteiger partial charge < -0.3 is 10.0 Å². The molecule has 1 aliphatic rings. The van der Waals surface area contributed by atoms with Gasteiger partial charge in [-0.1, -0.05) is 32.9 Å². The summed E-state index contributed by atoms with van der Waals surface area (Å²) in [6, 6.07) is 5.37. The first kappa shape index (κ1) is 15.9. The fourth-order valence-electron chi connectivity index (χ4n) is 3.17. The van der Waals surface area contributed by atoms with Gasteiger partial charge in [0.15, 0.2) is 0 Å². The number of likely N-dealkylation sites (tertiary alicyclic amines) is 1. The van der Waals surface area contributed by atoms with Crippen LogP contribution in [0.5, 0.6) is 5.75 Å². The smallest absolute Gasteiger partial charge is 0.257 e. The third kappa shape index (κ3) is 3.58. The van der Waals surface area contributed by atoms with Gasteiger partial charge in [-0.2, -0.15) is 0 Å². The largest absolute Gasteiger partial charge is 0.507 e. The van der Waals surface area contributed by atoms with Crippen molar-refractivity contribution in [1.82, 2.24) is 4.90 Å². The van der Waals surface area contributed by atoms with E-state index in [0.29, 0.717) is 16.9 Å². The highest BCUT2D eigenvalue weighted by molar-refractivity contribution is 5.97. The van der Waals surface area contributed by atoms with Crippen LogP contribution in [-0.2, 0) is 0 Å². The summed E-state index contributed by atoms with van der Waals surface area (Å²) in [5.74, 6) is 0.742. The van der Waals surface area contributed by atoms with Gasteiger partial charge in [-0.05, 0) is 49.1 Å². The molecule has 0 spiro atoms. The lowest BCUT2D eigenvalue weighted by molar-refractivity contribution is 0.0752. The normalized spacial score (nSPS) is 20.2. The van der Waals surface area contributed by atoms with E-state index in [1.807, 2.05) is 24.0 Å². The van der Waals surface area contributed by atoms with Crippen molar-refractivity contribution >= 4 is 5.91 Å². The topological polar surface area (TPSA) is 40.5 Å². The number of rotatable bonds is 1. The van der Waals surface area contributed by atoms with Gasteiger partial charge in [0.1, 0.15) is 5.75 Å². The third-order valence-corrected chi connectivity index (χ3v) is 4.71. The maximum atomic E-state index is 12.6. The quantitative estimate of drug-likeness (QED) is 0.849. The Bertz CT molecular complexity index is 516. The van der Waals surface area contributed by atoms with Gasteiger partial charge in [0, 0.05) is 13.1 Å². The summed E-state index contributed by atoms with van der Waals surface area (Å²) >= 11 is 0. The number of carbonyl (C=O) groups is 1. The average Bonchev–Trinajstić information content (AvgIpc) is 2.66. The number of carbonyl (C=O) groups excluding carboxylic acids is 1. The lowest BCUT2D eigenvalue weighted by Crippen LogP contribution is -2.32. The number of para-hydroxylation sites is 1. The summed E-state index contributed by atoms with van der Waals surface area (Å²) in [6.45, 7) is 10.2. The van der Waals surface area contributed by atoms with Crippen molar-refractivity contribution in [3.8, 4) is 5.75 Å². The minimum absolute atomic E-state index is 0.0363. The monoisotopic (exact) mass is 289 g/mol. The number of hydrogen-bond donors (Lipinski definition) is 1. The lowest BCUT2D eigenvalue weighted by atomic mass is 9.77. The molecule has 1 N–H and O–H groups in total. The van der Waals surface area contributed by atoms with Gasteiger partial charge in [0.05, 0.1) is 5.56 Å². The fourth-order valence-corrected chi connectivity index (χ4v) is 3.17. The van der Waals surface area contributed by atoms with Crippen molar-refractivity contribution in [2.24, 2.45) is 11.3 Å². The van der Waals surface area contributed by atoms with Gasteiger partial charge in [0.2, 0.25) is 0 Å². The van der Waals surface area contributed by atoms with Crippen molar-refractivity contribution in [3.63, 3.8) is 0 Å². The van der Waals surface area contributed by atoms with E-state index >= 15 is 0 Å². The molecule has 21 heavy (non-hydrogen) atoms. The molecule has 0 radical (unpaired) electrons. The summed E-state index contributed by atoms with van der Waals surface area (Å²) < 4.78 is 0. The van der Waals surface area contributed by atoms with Crippen molar-refractivity contribution in [1.29, 1.82) is 0 Å². The summed E-state index contributed by atoms with van der Waals surface area (Å²) in [5.41, 5.74) is 1.48. The Labute approximate surface area is 128 Å². The molecule has 0 saturated carbocycles. The second-order valence-electron chi connectivity index (χ2n) is 7.26. The highest BCUT2D eigenvalue weighted by Gasteiger charge is 2.29. The zero-order valence-corrected chi connectivity index (χ0v) is 13.6. The Morgan fingerprint density at radius 2 is 1.95 bits per heavy atom. The summed E-state index contributed by atoms with van der Waals surface area (Å²) in [6.07, 6.45) is 3.26. The predicted octanol–water partition coefficient (Wildman–Crippen LogP) is 3.99. The zero-order chi connectivity index (χ0) is 15.6. The Kier molecular flexibility index (Phi) is 4.60. The molecular formula is C18H27NO2. The predicted molar refractivity (Wildman–Crippen MR) is 85.5 cm³/mol. The van der Waals surface area contributed by atoms with Crippen LogP contribution in [0.3, 0.4) is 0 Å². The number of amides is 1. The first-order valence-electron chi connectivity index (χ1n) is 7.88. The van der Waals surface area contributed by atoms with Crippen molar-refractivity contribution < 1.29 is 9.90 Å².